The monoisotopic (exact) mass is 508 g/mol. The third-order valence-electron chi connectivity index (χ3n) is 6.01. The Balaban J connectivity index is 1.20. The van der Waals surface area contributed by atoms with E-state index < -0.39 is 60.8 Å². The van der Waals surface area contributed by atoms with Gasteiger partial charge in [0.25, 0.3) is 5.56 Å². The Hall–Kier alpha value is -3.45. The predicted molar refractivity (Wildman–Crippen MR) is 118 cm³/mol. The van der Waals surface area contributed by atoms with Gasteiger partial charge in [0, 0.05) is 12.6 Å². The number of aromatic nitrogens is 6. The molecule has 0 bridgehead atoms. The van der Waals surface area contributed by atoms with Gasteiger partial charge in [-0.25, -0.2) is 15.3 Å². The fraction of sp³-hybridized carbons (Fsp3) is 0.526. The number of aromatic amines is 1. The zero-order valence-corrected chi connectivity index (χ0v) is 18.5. The molecule has 2 saturated heterocycles. The molecule has 0 aliphatic carbocycles. The summed E-state index contributed by atoms with van der Waals surface area (Å²) in [7, 11) is 0. The summed E-state index contributed by atoms with van der Waals surface area (Å²) in [5, 5.41) is 39.6. The van der Waals surface area contributed by atoms with Crippen LogP contribution >= 0.6 is 0 Å². The maximum absolute atomic E-state index is 12.4. The third kappa shape index (κ3) is 4.32. The maximum atomic E-state index is 12.4. The number of nitrogens with zero attached hydrogens (tertiary/aromatic N) is 5. The molecular formula is C19H24N8O9. The second-order valence-corrected chi connectivity index (χ2v) is 8.35. The van der Waals surface area contributed by atoms with Crippen LogP contribution in [-0.4, -0.2) is 93.2 Å². The first kappa shape index (κ1) is 24.3. The molecule has 2 aliphatic heterocycles. The van der Waals surface area contributed by atoms with Gasteiger partial charge in [-0.2, -0.15) is 9.97 Å². The van der Waals surface area contributed by atoms with Crippen molar-refractivity contribution >= 4 is 22.9 Å². The number of hydrogen-bond donors (Lipinski definition) is 7. The fourth-order valence-corrected chi connectivity index (χ4v) is 4.16. The molecule has 17 nitrogen and oxygen atoms in total. The number of nitrogens with one attached hydrogen (secondary N) is 2. The highest BCUT2D eigenvalue weighted by atomic mass is 16.7. The molecule has 3 aromatic heterocycles. The quantitative estimate of drug-likeness (QED) is 0.154. The molecule has 0 amide bonds. The van der Waals surface area contributed by atoms with E-state index in [2.05, 4.69) is 25.4 Å². The van der Waals surface area contributed by atoms with E-state index in [9.17, 15) is 30.0 Å². The maximum Gasteiger partial charge on any atom is 0.351 e. The van der Waals surface area contributed by atoms with Crippen molar-refractivity contribution < 1.29 is 34.7 Å². The highest BCUT2D eigenvalue weighted by molar-refractivity contribution is 5.70. The summed E-state index contributed by atoms with van der Waals surface area (Å²) >= 11 is 0. The van der Waals surface area contributed by atoms with E-state index in [-0.39, 0.29) is 36.0 Å². The van der Waals surface area contributed by atoms with E-state index in [1.165, 1.54) is 23.2 Å². The first-order valence-corrected chi connectivity index (χ1v) is 10.9. The topological polar surface area (TPSA) is 245 Å². The van der Waals surface area contributed by atoms with E-state index >= 15 is 0 Å². The lowest BCUT2D eigenvalue weighted by atomic mass is 10.1. The molecule has 7 atom stereocenters. The molecule has 8 N–H and O–H groups in total. The van der Waals surface area contributed by atoms with Crippen LogP contribution < -0.4 is 22.5 Å². The van der Waals surface area contributed by atoms with Crippen LogP contribution in [0.3, 0.4) is 0 Å². The molecule has 0 radical (unpaired) electrons. The molecule has 0 spiro atoms. The van der Waals surface area contributed by atoms with Crippen LogP contribution in [0.15, 0.2) is 28.2 Å². The van der Waals surface area contributed by atoms with E-state index in [0.717, 1.165) is 4.57 Å². The molecule has 5 heterocycles. The molecule has 2 fully saturated rings. The van der Waals surface area contributed by atoms with Gasteiger partial charge in [-0.1, -0.05) is 0 Å². The second-order valence-electron chi connectivity index (χ2n) is 8.35. The van der Waals surface area contributed by atoms with Crippen LogP contribution in [0, 0.1) is 0 Å². The standard InChI is InChI=1S/C19H24N8O9/c20-18-23-15-12(16(32)24-18)21-6-27(15)11-3-7(29)9(35-11)5-34-25-10-1-2-26(19(33)22-10)17-14(31)13(30)8(4-28)36-17/h1-2,6-9,11,13-14,17,28-31H,3-5H2,(H,22,25,33)(H3,20,23,24,32)/t7-,8+,9+,11+,13+,14-,17+/m0/s1. The van der Waals surface area contributed by atoms with Crippen LogP contribution in [0.1, 0.15) is 18.9 Å². The van der Waals surface area contributed by atoms with Crippen molar-refractivity contribution in [2.75, 3.05) is 24.4 Å². The Morgan fingerprint density at radius 2 is 1.97 bits per heavy atom. The average molecular weight is 508 g/mol. The summed E-state index contributed by atoms with van der Waals surface area (Å²) in [6.07, 6.45) is -4.57. The summed E-state index contributed by atoms with van der Waals surface area (Å²) in [5.41, 5.74) is 7.10. The Labute approximate surface area is 200 Å². The third-order valence-corrected chi connectivity index (χ3v) is 6.01. The number of rotatable bonds is 7. The lowest BCUT2D eigenvalue weighted by molar-refractivity contribution is -0.0553. The second kappa shape index (κ2) is 9.54. The molecule has 0 unspecified atom stereocenters. The lowest BCUT2D eigenvalue weighted by Crippen LogP contribution is -2.36. The summed E-state index contributed by atoms with van der Waals surface area (Å²) in [6.45, 7) is -0.652. The molecule has 0 saturated carbocycles. The molecule has 5 rings (SSSR count). The normalized spacial score (nSPS) is 30.3. The summed E-state index contributed by atoms with van der Waals surface area (Å²) in [6, 6.07) is 1.37. The average Bonchev–Trinajstić information content (AvgIpc) is 3.50. The number of ether oxygens (including phenoxy) is 2. The number of imidazole rings is 1. The molecule has 17 heteroatoms. The van der Waals surface area contributed by atoms with E-state index in [1.807, 2.05) is 0 Å². The van der Waals surface area contributed by atoms with Crippen LogP contribution in [0.5, 0.6) is 0 Å². The number of aliphatic hydroxyl groups excluding tert-OH is 4. The first-order chi connectivity index (χ1) is 17.3. The SMILES string of the molecule is Nc1nc2c(ncn2[C@H]2C[C@H](O)[C@@H](CONc3ccn([C@@H]4O[C@H](CO)[C@@H](O)[C@@H]4O)c(=O)n3)O2)c(=O)[nH]1. The lowest BCUT2D eigenvalue weighted by Gasteiger charge is -2.18. The fourth-order valence-electron chi connectivity index (χ4n) is 4.16. The van der Waals surface area contributed by atoms with Gasteiger partial charge in [0.05, 0.1) is 19.0 Å². The zero-order chi connectivity index (χ0) is 25.6. The van der Waals surface area contributed by atoms with E-state index in [4.69, 9.17) is 20.0 Å². The Morgan fingerprint density at radius 1 is 1.17 bits per heavy atom. The number of hydrogen-bond acceptors (Lipinski definition) is 14. The van der Waals surface area contributed by atoms with Crippen molar-refractivity contribution in [2.45, 2.75) is 49.4 Å². The minimum absolute atomic E-state index is 0.0338. The number of H-pyrrole nitrogens is 1. The van der Waals surface area contributed by atoms with Crippen molar-refractivity contribution in [2.24, 2.45) is 0 Å². The van der Waals surface area contributed by atoms with Gasteiger partial charge in [-0.05, 0) is 6.07 Å². The van der Waals surface area contributed by atoms with Crippen molar-refractivity contribution in [1.82, 2.24) is 29.1 Å². The van der Waals surface area contributed by atoms with Crippen molar-refractivity contribution in [3.05, 3.63) is 39.4 Å². The molecule has 194 valence electrons. The van der Waals surface area contributed by atoms with Crippen LogP contribution in [0.25, 0.3) is 11.2 Å². The number of anilines is 2. The number of nitrogen functional groups attached to an aromatic ring is 1. The smallest absolute Gasteiger partial charge is 0.351 e. The zero-order valence-electron chi connectivity index (χ0n) is 18.5. The van der Waals surface area contributed by atoms with Gasteiger partial charge in [0.15, 0.2) is 23.2 Å². The first-order valence-electron chi connectivity index (χ1n) is 10.9. The van der Waals surface area contributed by atoms with Crippen LogP contribution in [0.2, 0.25) is 0 Å². The highest BCUT2D eigenvalue weighted by Gasteiger charge is 2.43. The van der Waals surface area contributed by atoms with Gasteiger partial charge >= 0.3 is 5.69 Å². The van der Waals surface area contributed by atoms with E-state index in [1.54, 1.807) is 0 Å². The minimum atomic E-state index is -1.43. The summed E-state index contributed by atoms with van der Waals surface area (Å²) in [4.78, 5) is 43.9. The van der Waals surface area contributed by atoms with E-state index in [0.29, 0.717) is 0 Å². The van der Waals surface area contributed by atoms with Crippen molar-refractivity contribution in [3.8, 4) is 0 Å². The number of fused-ring (bicyclic) bond motifs is 1. The van der Waals surface area contributed by atoms with Gasteiger partial charge < -0.3 is 35.6 Å². The summed E-state index contributed by atoms with van der Waals surface area (Å²) in [5.74, 6) is -0.0452. The van der Waals surface area contributed by atoms with Gasteiger partial charge in [-0.3, -0.25) is 23.8 Å². The number of nitrogens with two attached hydrogens (primary N) is 1. The van der Waals surface area contributed by atoms with Crippen LogP contribution in [-0.2, 0) is 14.3 Å². The van der Waals surface area contributed by atoms with Crippen molar-refractivity contribution in [3.63, 3.8) is 0 Å². The largest absolute Gasteiger partial charge is 0.394 e. The predicted octanol–water partition coefficient (Wildman–Crippen LogP) is -3.44. The Kier molecular flexibility index (Phi) is 6.43. The van der Waals surface area contributed by atoms with Gasteiger partial charge in [0.2, 0.25) is 5.95 Å². The van der Waals surface area contributed by atoms with Crippen molar-refractivity contribution in [1.29, 1.82) is 0 Å². The van der Waals surface area contributed by atoms with Crippen LogP contribution in [0.4, 0.5) is 11.8 Å². The molecule has 0 aromatic carbocycles. The highest BCUT2D eigenvalue weighted by Crippen LogP contribution is 2.31. The molecule has 2 aliphatic rings. The molecular weight excluding hydrogens is 484 g/mol. The Bertz CT molecular complexity index is 1360. The van der Waals surface area contributed by atoms with Gasteiger partial charge in [0.1, 0.15) is 37.3 Å². The van der Waals surface area contributed by atoms with Gasteiger partial charge in [-0.15, -0.1) is 0 Å². The molecule has 36 heavy (non-hydrogen) atoms. The minimum Gasteiger partial charge on any atom is -0.394 e. The number of aliphatic hydroxyl groups is 4. The Morgan fingerprint density at radius 3 is 2.69 bits per heavy atom. The summed E-state index contributed by atoms with van der Waals surface area (Å²) < 4.78 is 13.6. The molecule has 3 aromatic rings.